The molecule has 52 valence electrons. The highest BCUT2D eigenvalue weighted by molar-refractivity contribution is 5.64. The number of rotatable bonds is 3. The highest BCUT2D eigenvalue weighted by Crippen LogP contribution is 1.83. The number of carboxylic acid groups (broad SMARTS) is 1. The lowest BCUT2D eigenvalue weighted by molar-refractivity contribution is -0.772. The van der Waals surface area contributed by atoms with E-state index in [9.17, 15) is 9.90 Å². The average molecular weight is 129 g/mol. The third-order valence-electron chi connectivity index (χ3n) is 1.76. The van der Waals surface area contributed by atoms with Crippen LogP contribution in [0.4, 0.5) is 0 Å². The van der Waals surface area contributed by atoms with E-state index in [1.54, 1.807) is 0 Å². The predicted octanol–water partition coefficient (Wildman–Crippen LogP) is -2.59. The fourth-order valence-electron chi connectivity index (χ4n) is 0.945. The lowest BCUT2D eigenvalue weighted by atomic mass is 10.4. The lowest BCUT2D eigenvalue weighted by Gasteiger charge is -1.98. The van der Waals surface area contributed by atoms with Crippen molar-refractivity contribution in [1.29, 1.82) is 0 Å². The Labute approximate surface area is 54.3 Å². The maximum absolute atomic E-state index is 9.91. The number of carboxylic acids is 1. The van der Waals surface area contributed by atoms with Gasteiger partial charge in [-0.2, -0.15) is 0 Å². The van der Waals surface area contributed by atoms with Crippen molar-refractivity contribution in [3.8, 4) is 0 Å². The van der Waals surface area contributed by atoms with E-state index in [0.29, 0.717) is 6.04 Å². The molecule has 0 aliphatic carbocycles. The van der Waals surface area contributed by atoms with Crippen LogP contribution in [0.2, 0.25) is 0 Å². The number of quaternary nitrogens is 1. The molecule has 1 unspecified atom stereocenters. The summed E-state index contributed by atoms with van der Waals surface area (Å²) in [5.74, 6) is -0.929. The normalized spacial score (nSPS) is 32.1. The molecule has 1 aliphatic heterocycles. The first kappa shape index (κ1) is 6.55. The van der Waals surface area contributed by atoms with Gasteiger partial charge in [0, 0.05) is 12.4 Å². The van der Waals surface area contributed by atoms with E-state index in [0.717, 1.165) is 13.1 Å². The fraction of sp³-hybridized carbons (Fsp3) is 0.833. The zero-order valence-corrected chi connectivity index (χ0v) is 5.52. The molecule has 0 saturated carbocycles. The Hall–Kier alpha value is -0.570. The number of aliphatic carboxylic acids is 1. The molecule has 0 aromatic heterocycles. The zero-order chi connectivity index (χ0) is 6.85. The largest absolute Gasteiger partial charge is 0.550 e. The molecule has 1 N–H and O–H groups in total. The summed E-state index contributed by atoms with van der Waals surface area (Å²) in [6.45, 7) is 3.99. The van der Waals surface area contributed by atoms with Crippen molar-refractivity contribution in [2.75, 3.05) is 13.1 Å². The fourth-order valence-corrected chi connectivity index (χ4v) is 0.945. The summed E-state index contributed by atoms with van der Waals surface area (Å²) in [5, 5.41) is 9.91. The topological polar surface area (TPSA) is 44.6 Å². The first-order valence-electron chi connectivity index (χ1n) is 3.24. The lowest BCUT2D eigenvalue weighted by Crippen LogP contribution is -2.94. The van der Waals surface area contributed by atoms with Crippen LogP contribution in [-0.2, 0) is 4.79 Å². The first-order valence-corrected chi connectivity index (χ1v) is 3.24. The van der Waals surface area contributed by atoms with Gasteiger partial charge in [-0.15, -0.1) is 0 Å². The molecular formula is C6H11NO2. The van der Waals surface area contributed by atoms with Crippen LogP contribution in [0.3, 0.4) is 0 Å². The van der Waals surface area contributed by atoms with Crippen LogP contribution < -0.4 is 10.0 Å². The molecule has 1 saturated heterocycles. The van der Waals surface area contributed by atoms with Gasteiger partial charge >= 0.3 is 0 Å². The van der Waals surface area contributed by atoms with E-state index < -0.39 is 5.97 Å². The summed E-state index contributed by atoms with van der Waals surface area (Å²) >= 11 is 0. The number of carbonyl (C=O) groups excluding carboxylic acids is 1. The van der Waals surface area contributed by atoms with Crippen LogP contribution in [0.1, 0.15) is 13.3 Å². The highest BCUT2D eigenvalue weighted by Gasteiger charge is 2.34. The Morgan fingerprint density at radius 2 is 2.44 bits per heavy atom. The SMILES string of the molecule is C[C@@H]1C[NH+]1CCC(=O)[O-]. The van der Waals surface area contributed by atoms with Crippen molar-refractivity contribution >= 4 is 5.97 Å². The Morgan fingerprint density at radius 1 is 1.89 bits per heavy atom. The molecule has 2 atom stereocenters. The maximum atomic E-state index is 9.91. The van der Waals surface area contributed by atoms with Crippen LogP contribution in [-0.4, -0.2) is 25.1 Å². The van der Waals surface area contributed by atoms with Gasteiger partial charge in [-0.05, 0) is 6.92 Å². The van der Waals surface area contributed by atoms with Crippen molar-refractivity contribution in [2.45, 2.75) is 19.4 Å². The standard InChI is InChI=1S/C6H11NO2/c1-5-4-7(5)3-2-6(8)9/h5H,2-4H2,1H3,(H,8,9)/t5-,7?/m1/s1. The number of hydrogen-bond acceptors (Lipinski definition) is 2. The minimum atomic E-state index is -0.929. The van der Waals surface area contributed by atoms with Gasteiger partial charge < -0.3 is 14.8 Å². The molecule has 1 fully saturated rings. The smallest absolute Gasteiger partial charge is 0.134 e. The first-order chi connectivity index (χ1) is 4.20. The average Bonchev–Trinajstić information content (AvgIpc) is 2.42. The van der Waals surface area contributed by atoms with Crippen molar-refractivity contribution < 1.29 is 14.8 Å². The second kappa shape index (κ2) is 2.35. The molecule has 0 aromatic rings. The predicted molar refractivity (Wildman–Crippen MR) is 29.8 cm³/mol. The minimum absolute atomic E-state index is 0.208. The maximum Gasteiger partial charge on any atom is 0.134 e. The molecule has 0 radical (unpaired) electrons. The summed E-state index contributed by atoms with van der Waals surface area (Å²) in [4.78, 5) is 11.3. The molecular weight excluding hydrogens is 118 g/mol. The van der Waals surface area contributed by atoms with E-state index in [-0.39, 0.29) is 6.42 Å². The molecule has 1 heterocycles. The Morgan fingerprint density at radius 3 is 2.78 bits per heavy atom. The number of carbonyl (C=O) groups is 1. The van der Waals surface area contributed by atoms with E-state index in [1.165, 1.54) is 4.90 Å². The molecule has 1 aliphatic rings. The number of nitrogens with one attached hydrogen (secondary N) is 1. The van der Waals surface area contributed by atoms with E-state index in [2.05, 4.69) is 6.92 Å². The Kier molecular flexibility index (Phi) is 1.71. The summed E-state index contributed by atoms with van der Waals surface area (Å²) in [6, 6.07) is 0.685. The van der Waals surface area contributed by atoms with Crippen molar-refractivity contribution in [1.82, 2.24) is 0 Å². The van der Waals surface area contributed by atoms with Crippen molar-refractivity contribution in [3.63, 3.8) is 0 Å². The zero-order valence-electron chi connectivity index (χ0n) is 5.52. The van der Waals surface area contributed by atoms with Gasteiger partial charge in [-0.1, -0.05) is 0 Å². The van der Waals surface area contributed by atoms with Gasteiger partial charge in [0.05, 0.1) is 6.54 Å². The molecule has 0 aromatic carbocycles. The van der Waals surface area contributed by atoms with Crippen molar-refractivity contribution in [2.24, 2.45) is 0 Å². The van der Waals surface area contributed by atoms with Gasteiger partial charge in [0.25, 0.3) is 0 Å². The van der Waals surface area contributed by atoms with Crippen molar-refractivity contribution in [3.05, 3.63) is 0 Å². The molecule has 3 heteroatoms. The van der Waals surface area contributed by atoms with Crippen LogP contribution >= 0.6 is 0 Å². The summed E-state index contributed by atoms with van der Waals surface area (Å²) < 4.78 is 0. The quantitative estimate of drug-likeness (QED) is 0.425. The van der Waals surface area contributed by atoms with Gasteiger partial charge in [0.15, 0.2) is 0 Å². The molecule has 0 amide bonds. The van der Waals surface area contributed by atoms with E-state index in [1.807, 2.05) is 0 Å². The molecule has 0 bridgehead atoms. The Balaban J connectivity index is 2.00. The van der Waals surface area contributed by atoms with Crippen LogP contribution in [0.5, 0.6) is 0 Å². The third kappa shape index (κ3) is 2.01. The van der Waals surface area contributed by atoms with Gasteiger partial charge in [0.2, 0.25) is 0 Å². The second-order valence-electron chi connectivity index (χ2n) is 2.64. The minimum Gasteiger partial charge on any atom is -0.550 e. The monoisotopic (exact) mass is 129 g/mol. The molecule has 3 nitrogen and oxygen atoms in total. The summed E-state index contributed by atoms with van der Waals surface area (Å²) in [7, 11) is 0. The van der Waals surface area contributed by atoms with Gasteiger partial charge in [-0.3, -0.25) is 0 Å². The van der Waals surface area contributed by atoms with Gasteiger partial charge in [-0.25, -0.2) is 0 Å². The Bertz CT molecular complexity index is 124. The molecule has 1 rings (SSSR count). The third-order valence-corrected chi connectivity index (χ3v) is 1.76. The van der Waals surface area contributed by atoms with Gasteiger partial charge in [0.1, 0.15) is 12.6 Å². The van der Waals surface area contributed by atoms with E-state index in [4.69, 9.17) is 0 Å². The van der Waals surface area contributed by atoms with Crippen LogP contribution in [0.15, 0.2) is 0 Å². The summed E-state index contributed by atoms with van der Waals surface area (Å²) in [6.07, 6.45) is 0.208. The summed E-state index contributed by atoms with van der Waals surface area (Å²) in [5.41, 5.74) is 0. The number of hydrogen-bond donors (Lipinski definition) is 1. The van der Waals surface area contributed by atoms with Crippen LogP contribution in [0.25, 0.3) is 0 Å². The molecule has 9 heavy (non-hydrogen) atoms. The van der Waals surface area contributed by atoms with Crippen LogP contribution in [0, 0.1) is 0 Å². The second-order valence-corrected chi connectivity index (χ2v) is 2.64. The highest BCUT2D eigenvalue weighted by atomic mass is 16.4. The molecule has 0 spiro atoms. The van der Waals surface area contributed by atoms with E-state index >= 15 is 0 Å².